The highest BCUT2D eigenvalue weighted by atomic mass is 32.2. The first kappa shape index (κ1) is 23.5. The number of aromatic nitrogens is 1. The highest BCUT2D eigenvalue weighted by Crippen LogP contribution is 2.50. The van der Waals surface area contributed by atoms with Crippen LogP contribution in [0.4, 0.5) is 14.9 Å². The number of benzene rings is 2. The molecule has 0 radical (unpaired) electrons. The minimum Gasteiger partial charge on any atom is -0.334 e. The highest BCUT2D eigenvalue weighted by molar-refractivity contribution is 7.90. The van der Waals surface area contributed by atoms with E-state index in [0.29, 0.717) is 13.1 Å². The summed E-state index contributed by atoms with van der Waals surface area (Å²) in [4.78, 5) is 20.3. The molecule has 3 aromatic rings. The number of carbonyl (C=O) groups is 1. The van der Waals surface area contributed by atoms with Crippen molar-refractivity contribution >= 4 is 21.6 Å². The number of nitrogens with zero attached hydrogens (tertiary/aromatic N) is 2. The van der Waals surface area contributed by atoms with Crippen molar-refractivity contribution in [2.75, 3.05) is 17.7 Å². The molecule has 1 spiro atoms. The summed E-state index contributed by atoms with van der Waals surface area (Å²) in [6.45, 7) is 2.75. The molecule has 1 fully saturated rings. The number of pyridine rings is 1. The summed E-state index contributed by atoms with van der Waals surface area (Å²) >= 11 is 0. The molecule has 1 aliphatic carbocycles. The number of anilines is 1. The van der Waals surface area contributed by atoms with Gasteiger partial charge in [-0.15, -0.1) is 0 Å². The lowest BCUT2D eigenvalue weighted by atomic mass is 9.84. The zero-order chi connectivity index (χ0) is 24.8. The highest BCUT2D eigenvalue weighted by Gasteiger charge is 2.47. The second-order valence-electron chi connectivity index (χ2n) is 9.67. The molecule has 1 aromatic heterocycles. The summed E-state index contributed by atoms with van der Waals surface area (Å²) in [6, 6.07) is 14.9. The average Bonchev–Trinajstić information content (AvgIpc) is 3.42. The smallest absolute Gasteiger partial charge is 0.322 e. The Balaban J connectivity index is 1.40. The second-order valence-corrected chi connectivity index (χ2v) is 11.7. The van der Waals surface area contributed by atoms with Gasteiger partial charge in [0.2, 0.25) is 0 Å². The maximum absolute atomic E-state index is 13.6. The van der Waals surface area contributed by atoms with Crippen LogP contribution >= 0.6 is 0 Å². The zero-order valence-electron chi connectivity index (χ0n) is 19.8. The van der Waals surface area contributed by atoms with E-state index in [1.807, 2.05) is 19.1 Å². The molecule has 1 N–H and O–H groups in total. The third kappa shape index (κ3) is 4.43. The number of rotatable bonds is 4. The number of nitrogens with one attached hydrogen (secondary N) is 1. The van der Waals surface area contributed by atoms with Crippen LogP contribution in [0.3, 0.4) is 0 Å². The fourth-order valence-corrected chi connectivity index (χ4v) is 5.97. The first-order valence-corrected chi connectivity index (χ1v) is 13.7. The third-order valence-corrected chi connectivity index (χ3v) is 8.32. The van der Waals surface area contributed by atoms with Crippen LogP contribution in [0.5, 0.6) is 0 Å². The van der Waals surface area contributed by atoms with Crippen molar-refractivity contribution in [3.63, 3.8) is 0 Å². The Morgan fingerprint density at radius 1 is 1.09 bits per heavy atom. The van der Waals surface area contributed by atoms with E-state index in [1.165, 1.54) is 18.4 Å². The molecule has 6 nitrogen and oxygen atoms in total. The topological polar surface area (TPSA) is 79.4 Å². The van der Waals surface area contributed by atoms with E-state index in [2.05, 4.69) is 5.32 Å². The molecular formula is C27H28FN3O3S. The van der Waals surface area contributed by atoms with Crippen LogP contribution in [0.25, 0.3) is 11.3 Å². The molecule has 2 heterocycles. The molecule has 0 saturated heterocycles. The largest absolute Gasteiger partial charge is 0.334 e. The summed E-state index contributed by atoms with van der Waals surface area (Å²) in [6.07, 6.45) is 5.33. The number of aryl methyl sites for hydroxylation is 1. The van der Waals surface area contributed by atoms with Crippen molar-refractivity contribution < 1.29 is 17.6 Å². The van der Waals surface area contributed by atoms with E-state index < -0.39 is 9.84 Å². The molecule has 182 valence electrons. The summed E-state index contributed by atoms with van der Waals surface area (Å²) < 4.78 is 37.0. The fraction of sp³-hybridized carbons (Fsp3) is 0.333. The van der Waals surface area contributed by atoms with Gasteiger partial charge in [-0.05, 0) is 73.4 Å². The number of sulfone groups is 1. The van der Waals surface area contributed by atoms with Gasteiger partial charge < -0.3 is 5.32 Å². The maximum atomic E-state index is 13.6. The Kier molecular flexibility index (Phi) is 5.87. The number of amides is 2. The van der Waals surface area contributed by atoms with Crippen molar-refractivity contribution in [1.82, 2.24) is 10.3 Å². The van der Waals surface area contributed by atoms with E-state index >= 15 is 0 Å². The van der Waals surface area contributed by atoms with Crippen LogP contribution < -0.4 is 10.2 Å². The maximum Gasteiger partial charge on any atom is 0.322 e. The van der Waals surface area contributed by atoms with Gasteiger partial charge in [-0.3, -0.25) is 4.90 Å². The first-order valence-electron chi connectivity index (χ1n) is 11.8. The molecule has 35 heavy (non-hydrogen) atoms. The number of carbonyl (C=O) groups excluding carboxylic acids is 1. The predicted molar refractivity (Wildman–Crippen MR) is 134 cm³/mol. The number of halogens is 1. The Bertz CT molecular complexity index is 1400. The second kappa shape index (κ2) is 8.75. The lowest BCUT2D eigenvalue weighted by Crippen LogP contribution is -2.41. The van der Waals surface area contributed by atoms with E-state index in [4.69, 9.17) is 4.98 Å². The van der Waals surface area contributed by atoms with Crippen LogP contribution in [0.2, 0.25) is 0 Å². The molecule has 1 aliphatic heterocycles. The molecule has 1 saturated carbocycles. The van der Waals surface area contributed by atoms with Gasteiger partial charge in [0.05, 0.1) is 22.0 Å². The summed E-state index contributed by atoms with van der Waals surface area (Å²) in [5, 5.41) is 2.98. The predicted octanol–water partition coefficient (Wildman–Crippen LogP) is 5.14. The molecule has 5 rings (SSSR count). The van der Waals surface area contributed by atoms with Crippen molar-refractivity contribution in [2.24, 2.45) is 0 Å². The van der Waals surface area contributed by atoms with E-state index in [0.717, 1.165) is 59.4 Å². The van der Waals surface area contributed by atoms with Gasteiger partial charge in [0.25, 0.3) is 0 Å². The number of urea groups is 1. The van der Waals surface area contributed by atoms with Crippen LogP contribution in [0.15, 0.2) is 59.5 Å². The van der Waals surface area contributed by atoms with Gasteiger partial charge in [-0.1, -0.05) is 25.0 Å². The van der Waals surface area contributed by atoms with Gasteiger partial charge in [-0.2, -0.15) is 0 Å². The van der Waals surface area contributed by atoms with Crippen LogP contribution in [0, 0.1) is 12.7 Å². The molecule has 8 heteroatoms. The van der Waals surface area contributed by atoms with Crippen LogP contribution in [-0.2, 0) is 21.8 Å². The SMILES string of the molecule is Cc1cc(F)ccc1-c1ccc2c(n1)C1(CCCC1)CN2C(=O)NCc1ccc(S(C)(=O)=O)cc1. The van der Waals surface area contributed by atoms with Crippen molar-refractivity contribution in [3.8, 4) is 11.3 Å². The van der Waals surface area contributed by atoms with Gasteiger partial charge in [-0.25, -0.2) is 22.6 Å². The number of fused-ring (bicyclic) bond motifs is 2. The van der Waals surface area contributed by atoms with Crippen molar-refractivity contribution in [1.29, 1.82) is 0 Å². The van der Waals surface area contributed by atoms with Gasteiger partial charge >= 0.3 is 6.03 Å². The minimum atomic E-state index is -3.26. The molecule has 0 bridgehead atoms. The van der Waals surface area contributed by atoms with Crippen LogP contribution in [-0.4, -0.2) is 32.2 Å². The Hall–Kier alpha value is -3.26. The lowest BCUT2D eigenvalue weighted by molar-refractivity contribution is 0.245. The van der Waals surface area contributed by atoms with E-state index in [1.54, 1.807) is 35.2 Å². The quantitative estimate of drug-likeness (QED) is 0.546. The minimum absolute atomic E-state index is 0.159. The van der Waals surface area contributed by atoms with Crippen molar-refractivity contribution in [3.05, 3.63) is 77.2 Å². The standard InChI is InChI=1S/C27H28FN3O3S/c1-18-15-20(28)7-10-22(18)23-11-12-24-25(30-23)27(13-3-4-14-27)17-31(24)26(32)29-16-19-5-8-21(9-6-19)35(2,33)34/h5-12,15H,3-4,13-14,16-17H2,1-2H3,(H,29,32). The van der Waals surface area contributed by atoms with E-state index in [-0.39, 0.29) is 22.2 Å². The normalized spacial score (nSPS) is 16.5. The molecule has 0 atom stereocenters. The molecule has 2 aliphatic rings. The Morgan fingerprint density at radius 3 is 2.46 bits per heavy atom. The summed E-state index contributed by atoms with van der Waals surface area (Å²) in [7, 11) is -3.26. The lowest BCUT2D eigenvalue weighted by Gasteiger charge is -2.24. The third-order valence-electron chi connectivity index (χ3n) is 7.19. The van der Waals surface area contributed by atoms with Gasteiger partial charge in [0, 0.05) is 30.3 Å². The van der Waals surface area contributed by atoms with Gasteiger partial charge in [0.15, 0.2) is 9.84 Å². The van der Waals surface area contributed by atoms with Crippen molar-refractivity contribution in [2.45, 2.75) is 49.5 Å². The zero-order valence-corrected chi connectivity index (χ0v) is 20.7. The molecular weight excluding hydrogens is 465 g/mol. The monoisotopic (exact) mass is 493 g/mol. The first-order chi connectivity index (χ1) is 16.7. The fourth-order valence-electron chi connectivity index (χ4n) is 5.34. The number of hydrogen-bond acceptors (Lipinski definition) is 4. The average molecular weight is 494 g/mol. The van der Waals surface area contributed by atoms with Gasteiger partial charge in [0.1, 0.15) is 5.82 Å². The summed E-state index contributed by atoms with van der Waals surface area (Å²) in [5.41, 5.74) is 4.94. The number of hydrogen-bond donors (Lipinski definition) is 1. The summed E-state index contributed by atoms with van der Waals surface area (Å²) in [5.74, 6) is -0.270. The van der Waals surface area contributed by atoms with E-state index in [9.17, 15) is 17.6 Å². The van der Waals surface area contributed by atoms with Crippen LogP contribution in [0.1, 0.15) is 42.5 Å². The molecule has 2 amide bonds. The Morgan fingerprint density at radius 2 is 1.80 bits per heavy atom. The molecule has 0 unspecified atom stereocenters. The Labute approximate surface area is 205 Å². The molecule has 2 aromatic carbocycles.